The minimum absolute atomic E-state index is 0.168. The third-order valence-electron chi connectivity index (χ3n) is 2.96. The summed E-state index contributed by atoms with van der Waals surface area (Å²) in [6.07, 6.45) is 3.68. The lowest BCUT2D eigenvalue weighted by molar-refractivity contribution is 0.0960. The fraction of sp³-hybridized carbons (Fsp3) is 0.267. The number of phenols is 1. The Hall–Kier alpha value is -2.05. The van der Waals surface area contributed by atoms with Gasteiger partial charge in [-0.25, -0.2) is 0 Å². The van der Waals surface area contributed by atoms with Crippen molar-refractivity contribution in [2.45, 2.75) is 0 Å². The van der Waals surface area contributed by atoms with E-state index in [0.29, 0.717) is 23.4 Å². The van der Waals surface area contributed by atoms with Crippen molar-refractivity contribution in [3.63, 3.8) is 0 Å². The van der Waals surface area contributed by atoms with Gasteiger partial charge in [-0.15, -0.1) is 11.3 Å². The van der Waals surface area contributed by atoms with Crippen molar-refractivity contribution < 1.29 is 14.6 Å². The van der Waals surface area contributed by atoms with Gasteiger partial charge in [0.05, 0.1) is 16.9 Å². The Kier molecular flexibility index (Phi) is 5.19. The quantitative estimate of drug-likeness (QED) is 0.717. The van der Waals surface area contributed by atoms with Gasteiger partial charge in [0.15, 0.2) is 0 Å². The van der Waals surface area contributed by atoms with Gasteiger partial charge in [-0.1, -0.05) is 24.3 Å². The Labute approximate surface area is 127 Å². The first-order valence-corrected chi connectivity index (χ1v) is 7.35. The molecule has 1 aromatic heterocycles. The Morgan fingerprint density at radius 2 is 2.24 bits per heavy atom. The third-order valence-corrected chi connectivity index (χ3v) is 4.20. The molecular formula is C15H18N2O3S. The molecule has 6 heteroatoms. The first kappa shape index (κ1) is 15.3. The van der Waals surface area contributed by atoms with Crippen molar-refractivity contribution in [2.24, 2.45) is 0 Å². The van der Waals surface area contributed by atoms with Crippen LogP contribution in [0.25, 0.3) is 10.1 Å². The SMILES string of the molecule is CNc1sc2c(O)cccc2c1C(=O)NC/C=C/COC. The number of aromatic hydroxyl groups is 1. The number of rotatable bonds is 6. The van der Waals surface area contributed by atoms with Crippen LogP contribution in [0.15, 0.2) is 30.4 Å². The molecule has 0 saturated carbocycles. The van der Waals surface area contributed by atoms with Gasteiger partial charge in [0.1, 0.15) is 10.8 Å². The monoisotopic (exact) mass is 306 g/mol. The fourth-order valence-corrected chi connectivity index (χ4v) is 3.06. The van der Waals surface area contributed by atoms with Crippen molar-refractivity contribution in [1.82, 2.24) is 5.32 Å². The van der Waals surface area contributed by atoms with E-state index in [-0.39, 0.29) is 11.7 Å². The van der Waals surface area contributed by atoms with Crippen molar-refractivity contribution >= 4 is 32.3 Å². The highest BCUT2D eigenvalue weighted by molar-refractivity contribution is 7.23. The van der Waals surface area contributed by atoms with E-state index in [9.17, 15) is 9.90 Å². The van der Waals surface area contributed by atoms with Crippen LogP contribution in [-0.4, -0.2) is 38.3 Å². The molecule has 0 bridgehead atoms. The summed E-state index contributed by atoms with van der Waals surface area (Å²) in [4.78, 5) is 12.4. The average Bonchev–Trinajstić information content (AvgIpc) is 2.87. The van der Waals surface area contributed by atoms with Crippen LogP contribution in [0.5, 0.6) is 5.75 Å². The number of phenolic OH excluding ortho intramolecular Hbond substituents is 1. The van der Waals surface area contributed by atoms with Crippen LogP contribution in [0.2, 0.25) is 0 Å². The summed E-state index contributed by atoms with van der Waals surface area (Å²) in [5, 5.41) is 17.2. The molecule has 0 radical (unpaired) electrons. The number of amides is 1. The van der Waals surface area contributed by atoms with Crippen LogP contribution in [0, 0.1) is 0 Å². The summed E-state index contributed by atoms with van der Waals surface area (Å²) in [6, 6.07) is 5.19. The molecule has 21 heavy (non-hydrogen) atoms. The van der Waals surface area contributed by atoms with Crippen LogP contribution in [0.4, 0.5) is 5.00 Å². The Balaban J connectivity index is 2.24. The van der Waals surface area contributed by atoms with Crippen LogP contribution < -0.4 is 10.6 Å². The van der Waals surface area contributed by atoms with Crippen LogP contribution in [-0.2, 0) is 4.74 Å². The fourth-order valence-electron chi connectivity index (χ4n) is 1.99. The van der Waals surface area contributed by atoms with Crippen LogP contribution in [0.3, 0.4) is 0 Å². The molecule has 0 aliphatic heterocycles. The standard InChI is InChI=1S/C15H18N2O3S/c1-16-15-12(14(19)17-8-3-4-9-20-2)10-6-5-7-11(18)13(10)21-15/h3-7,16,18H,8-9H2,1-2H3,(H,17,19)/b4-3+. The number of benzene rings is 1. The molecule has 0 fully saturated rings. The minimum atomic E-state index is -0.168. The predicted octanol–water partition coefficient (Wildman–Crippen LogP) is 2.58. The zero-order chi connectivity index (χ0) is 15.2. The van der Waals surface area contributed by atoms with E-state index in [1.807, 2.05) is 18.2 Å². The average molecular weight is 306 g/mol. The highest BCUT2D eigenvalue weighted by Crippen LogP contribution is 2.39. The van der Waals surface area contributed by atoms with Crippen LogP contribution in [0.1, 0.15) is 10.4 Å². The highest BCUT2D eigenvalue weighted by Gasteiger charge is 2.19. The number of ether oxygens (including phenoxy) is 1. The lowest BCUT2D eigenvalue weighted by Crippen LogP contribution is -2.23. The van der Waals surface area contributed by atoms with E-state index < -0.39 is 0 Å². The van der Waals surface area contributed by atoms with Gasteiger partial charge in [0.2, 0.25) is 0 Å². The summed E-state index contributed by atoms with van der Waals surface area (Å²) in [5.41, 5.74) is 0.563. The topological polar surface area (TPSA) is 70.6 Å². The summed E-state index contributed by atoms with van der Waals surface area (Å²) in [5.74, 6) is 0.0197. The zero-order valence-corrected chi connectivity index (χ0v) is 12.8. The number of carbonyl (C=O) groups excluding carboxylic acids is 1. The Morgan fingerprint density at radius 3 is 2.95 bits per heavy atom. The van der Waals surface area contributed by atoms with Crippen molar-refractivity contribution in [2.75, 3.05) is 32.6 Å². The van der Waals surface area contributed by atoms with E-state index in [1.165, 1.54) is 11.3 Å². The number of methoxy groups -OCH3 is 1. The summed E-state index contributed by atoms with van der Waals surface area (Å²) >= 11 is 1.37. The van der Waals surface area contributed by atoms with E-state index in [4.69, 9.17) is 4.74 Å². The largest absolute Gasteiger partial charge is 0.506 e. The number of anilines is 1. The number of hydrogen-bond donors (Lipinski definition) is 3. The first-order valence-electron chi connectivity index (χ1n) is 6.53. The van der Waals surface area contributed by atoms with E-state index in [2.05, 4.69) is 10.6 Å². The molecule has 3 N–H and O–H groups in total. The zero-order valence-electron chi connectivity index (χ0n) is 12.0. The van der Waals surface area contributed by atoms with Crippen LogP contribution >= 0.6 is 11.3 Å². The van der Waals surface area contributed by atoms with E-state index >= 15 is 0 Å². The second kappa shape index (κ2) is 7.10. The molecule has 0 unspecified atom stereocenters. The maximum atomic E-state index is 12.4. The molecule has 1 amide bonds. The van der Waals surface area contributed by atoms with Crippen molar-refractivity contribution in [1.29, 1.82) is 0 Å². The normalized spacial score (nSPS) is 11.1. The molecule has 0 saturated heterocycles. The molecule has 5 nitrogen and oxygen atoms in total. The molecule has 0 aliphatic rings. The van der Waals surface area contributed by atoms with Gasteiger partial charge >= 0.3 is 0 Å². The molecule has 1 heterocycles. The van der Waals surface area contributed by atoms with Gasteiger partial charge in [-0.05, 0) is 6.07 Å². The second-order valence-corrected chi connectivity index (χ2v) is 5.37. The predicted molar refractivity (Wildman–Crippen MR) is 86.4 cm³/mol. The maximum absolute atomic E-state index is 12.4. The lowest BCUT2D eigenvalue weighted by atomic mass is 10.1. The number of thiophene rings is 1. The molecule has 2 aromatic rings. The maximum Gasteiger partial charge on any atom is 0.255 e. The van der Waals surface area contributed by atoms with Gasteiger partial charge in [0, 0.05) is 26.1 Å². The second-order valence-electron chi connectivity index (χ2n) is 4.35. The minimum Gasteiger partial charge on any atom is -0.506 e. The van der Waals surface area contributed by atoms with Crippen molar-refractivity contribution in [3.8, 4) is 5.75 Å². The van der Waals surface area contributed by atoms with E-state index in [0.717, 1.165) is 10.4 Å². The van der Waals surface area contributed by atoms with Gasteiger partial charge in [-0.3, -0.25) is 4.79 Å². The molecule has 2 rings (SSSR count). The first-order chi connectivity index (χ1) is 10.2. The summed E-state index contributed by atoms with van der Waals surface area (Å²) in [7, 11) is 3.38. The number of nitrogens with one attached hydrogen (secondary N) is 2. The molecule has 0 spiro atoms. The van der Waals surface area contributed by atoms with E-state index in [1.54, 1.807) is 26.3 Å². The smallest absolute Gasteiger partial charge is 0.255 e. The highest BCUT2D eigenvalue weighted by atomic mass is 32.1. The Bertz CT molecular complexity index is 664. The van der Waals surface area contributed by atoms with Gasteiger partial charge < -0.3 is 20.5 Å². The molecule has 112 valence electrons. The molecular weight excluding hydrogens is 288 g/mol. The number of fused-ring (bicyclic) bond motifs is 1. The molecule has 1 aromatic carbocycles. The van der Waals surface area contributed by atoms with Gasteiger partial charge in [0.25, 0.3) is 5.91 Å². The summed E-state index contributed by atoms with van der Waals surface area (Å²) < 4.78 is 5.60. The Morgan fingerprint density at radius 1 is 1.43 bits per heavy atom. The third kappa shape index (κ3) is 3.34. The number of carbonyl (C=O) groups is 1. The number of hydrogen-bond acceptors (Lipinski definition) is 5. The summed E-state index contributed by atoms with van der Waals surface area (Å²) in [6.45, 7) is 0.953. The van der Waals surface area contributed by atoms with Crippen molar-refractivity contribution in [3.05, 3.63) is 35.9 Å². The molecule has 0 aliphatic carbocycles. The lowest BCUT2D eigenvalue weighted by Gasteiger charge is -2.04. The van der Waals surface area contributed by atoms with Gasteiger partial charge in [-0.2, -0.15) is 0 Å². The molecule has 0 atom stereocenters.